The number of aryl methyl sites for hydroxylation is 1. The summed E-state index contributed by atoms with van der Waals surface area (Å²) in [5.74, 6) is 1.97. The van der Waals surface area contributed by atoms with E-state index in [2.05, 4.69) is 20.2 Å². The number of rotatable bonds is 4. The van der Waals surface area contributed by atoms with Crippen LogP contribution in [-0.4, -0.2) is 46.2 Å². The Bertz CT molecular complexity index is 720. The van der Waals surface area contributed by atoms with Gasteiger partial charge in [0.2, 0.25) is 5.95 Å². The summed E-state index contributed by atoms with van der Waals surface area (Å²) in [5.41, 5.74) is -0.127. The van der Waals surface area contributed by atoms with Crippen LogP contribution >= 0.6 is 0 Å². The van der Waals surface area contributed by atoms with Crippen LogP contribution in [0.2, 0.25) is 0 Å². The number of aromatic nitrogens is 2. The molecule has 2 saturated heterocycles. The van der Waals surface area contributed by atoms with Crippen LogP contribution in [0.1, 0.15) is 30.8 Å². The lowest BCUT2D eigenvalue weighted by Crippen LogP contribution is -2.47. The number of nitrogens with one attached hydrogen (secondary N) is 1. The van der Waals surface area contributed by atoms with Crippen LogP contribution in [0.25, 0.3) is 0 Å². The van der Waals surface area contributed by atoms with E-state index in [0.29, 0.717) is 12.6 Å². The predicted octanol–water partition coefficient (Wildman–Crippen LogP) is 2.75. The number of halogens is 1. The maximum absolute atomic E-state index is 12.9. The summed E-state index contributed by atoms with van der Waals surface area (Å²) in [4.78, 5) is 10.3. The Morgan fingerprint density at radius 1 is 1.36 bits per heavy atom. The average molecular weight is 346 g/mol. The van der Waals surface area contributed by atoms with Gasteiger partial charge in [0.25, 0.3) is 0 Å². The van der Waals surface area contributed by atoms with Gasteiger partial charge in [0, 0.05) is 13.0 Å². The molecular weight excluding hydrogens is 323 g/mol. The van der Waals surface area contributed by atoms with Crippen LogP contribution in [0.4, 0.5) is 10.3 Å². The molecule has 0 bridgehead atoms. The molecule has 7 heteroatoms. The molecule has 1 spiro atoms. The number of ether oxygens (including phenoxy) is 1. The van der Waals surface area contributed by atoms with Crippen molar-refractivity contribution in [3.63, 3.8) is 0 Å². The van der Waals surface area contributed by atoms with Gasteiger partial charge in [0.15, 0.2) is 5.82 Å². The molecule has 2 aliphatic heterocycles. The highest BCUT2D eigenvalue weighted by atomic mass is 19.1. The molecule has 1 N–H and O–H groups in total. The SMILES string of the molecule is Cc1ccc(CN2CCCC3(CC(Nc4ncc(F)cn4)CO3)C2)o1. The Hall–Kier alpha value is -1.99. The molecule has 0 radical (unpaired) electrons. The topological polar surface area (TPSA) is 63.4 Å². The fourth-order valence-corrected chi connectivity index (χ4v) is 3.91. The van der Waals surface area contributed by atoms with Gasteiger partial charge >= 0.3 is 0 Å². The van der Waals surface area contributed by atoms with Gasteiger partial charge in [-0.3, -0.25) is 4.90 Å². The van der Waals surface area contributed by atoms with Crippen LogP contribution < -0.4 is 5.32 Å². The van der Waals surface area contributed by atoms with E-state index in [1.807, 2.05) is 19.1 Å². The Balaban J connectivity index is 1.36. The van der Waals surface area contributed by atoms with Crippen molar-refractivity contribution in [2.24, 2.45) is 0 Å². The zero-order chi connectivity index (χ0) is 17.3. The molecule has 4 heterocycles. The fraction of sp³-hybridized carbons (Fsp3) is 0.556. The lowest BCUT2D eigenvalue weighted by molar-refractivity contribution is -0.0544. The Labute approximate surface area is 146 Å². The van der Waals surface area contributed by atoms with Gasteiger partial charge in [-0.15, -0.1) is 0 Å². The van der Waals surface area contributed by atoms with Crippen LogP contribution in [0.5, 0.6) is 0 Å². The summed E-state index contributed by atoms with van der Waals surface area (Å²) < 4.78 is 24.8. The van der Waals surface area contributed by atoms with Crippen molar-refractivity contribution >= 4 is 5.95 Å². The lowest BCUT2D eigenvalue weighted by Gasteiger charge is -2.39. The van der Waals surface area contributed by atoms with E-state index >= 15 is 0 Å². The average Bonchev–Trinajstić information content (AvgIpc) is 3.16. The molecule has 0 amide bonds. The van der Waals surface area contributed by atoms with Crippen LogP contribution in [0, 0.1) is 12.7 Å². The number of anilines is 1. The molecule has 2 unspecified atom stereocenters. The molecule has 2 aromatic rings. The van der Waals surface area contributed by atoms with Crippen molar-refractivity contribution in [3.05, 3.63) is 41.9 Å². The molecule has 2 aliphatic rings. The second-order valence-electron chi connectivity index (χ2n) is 7.09. The Kier molecular flexibility index (Phi) is 4.43. The summed E-state index contributed by atoms with van der Waals surface area (Å²) in [6.45, 7) is 5.36. The first kappa shape index (κ1) is 16.5. The van der Waals surface area contributed by atoms with Gasteiger partial charge < -0.3 is 14.5 Å². The van der Waals surface area contributed by atoms with E-state index in [-0.39, 0.29) is 11.6 Å². The first-order valence-electron chi connectivity index (χ1n) is 8.76. The minimum Gasteiger partial charge on any atom is -0.465 e. The largest absolute Gasteiger partial charge is 0.465 e. The molecule has 2 atom stereocenters. The minimum absolute atomic E-state index is 0.127. The van der Waals surface area contributed by atoms with Gasteiger partial charge in [-0.2, -0.15) is 0 Å². The number of likely N-dealkylation sites (tertiary alicyclic amines) is 1. The third-order valence-corrected chi connectivity index (χ3v) is 4.96. The zero-order valence-electron chi connectivity index (χ0n) is 14.4. The van der Waals surface area contributed by atoms with Gasteiger partial charge in [-0.1, -0.05) is 0 Å². The highest BCUT2D eigenvalue weighted by Gasteiger charge is 2.43. The van der Waals surface area contributed by atoms with Crippen LogP contribution in [0.3, 0.4) is 0 Å². The number of hydrogen-bond acceptors (Lipinski definition) is 6. The van der Waals surface area contributed by atoms with Crippen molar-refractivity contribution in [1.82, 2.24) is 14.9 Å². The zero-order valence-corrected chi connectivity index (χ0v) is 14.4. The third-order valence-electron chi connectivity index (χ3n) is 4.96. The normalized spacial score (nSPS) is 27.0. The molecule has 6 nitrogen and oxygen atoms in total. The predicted molar refractivity (Wildman–Crippen MR) is 90.7 cm³/mol. The van der Waals surface area contributed by atoms with Crippen molar-refractivity contribution < 1.29 is 13.5 Å². The summed E-state index contributed by atoms with van der Waals surface area (Å²) in [6, 6.07) is 4.20. The third kappa shape index (κ3) is 3.82. The molecule has 0 saturated carbocycles. The maximum atomic E-state index is 12.9. The first-order chi connectivity index (χ1) is 12.1. The van der Waals surface area contributed by atoms with Gasteiger partial charge in [-0.05, 0) is 38.4 Å². The molecule has 0 aromatic carbocycles. The number of hydrogen-bond donors (Lipinski definition) is 1. The van der Waals surface area contributed by atoms with Gasteiger partial charge in [-0.25, -0.2) is 14.4 Å². The van der Waals surface area contributed by atoms with E-state index in [9.17, 15) is 4.39 Å². The van der Waals surface area contributed by atoms with Crippen LogP contribution in [-0.2, 0) is 11.3 Å². The number of piperidine rings is 1. The van der Waals surface area contributed by atoms with E-state index in [0.717, 1.165) is 50.4 Å². The molecule has 2 aromatic heterocycles. The van der Waals surface area contributed by atoms with E-state index < -0.39 is 5.82 Å². The quantitative estimate of drug-likeness (QED) is 0.918. The molecular formula is C18H23FN4O2. The maximum Gasteiger partial charge on any atom is 0.223 e. The van der Waals surface area contributed by atoms with Crippen molar-refractivity contribution in [2.45, 2.75) is 44.4 Å². The van der Waals surface area contributed by atoms with E-state index in [1.165, 1.54) is 12.4 Å². The summed E-state index contributed by atoms with van der Waals surface area (Å²) in [5, 5.41) is 3.26. The molecule has 4 rings (SSSR count). The molecule has 0 aliphatic carbocycles. The highest BCUT2D eigenvalue weighted by Crippen LogP contribution is 2.36. The molecule has 134 valence electrons. The number of nitrogens with zero attached hydrogens (tertiary/aromatic N) is 3. The molecule has 25 heavy (non-hydrogen) atoms. The van der Waals surface area contributed by atoms with Gasteiger partial charge in [0.1, 0.15) is 11.5 Å². The summed E-state index contributed by atoms with van der Waals surface area (Å²) in [7, 11) is 0. The molecule has 2 fully saturated rings. The van der Waals surface area contributed by atoms with E-state index in [1.54, 1.807) is 0 Å². The first-order valence-corrected chi connectivity index (χ1v) is 8.76. The van der Waals surface area contributed by atoms with Gasteiger partial charge in [0.05, 0.1) is 37.2 Å². The minimum atomic E-state index is -0.430. The second kappa shape index (κ2) is 6.72. The monoisotopic (exact) mass is 346 g/mol. The Morgan fingerprint density at radius 2 is 2.20 bits per heavy atom. The van der Waals surface area contributed by atoms with Crippen molar-refractivity contribution in [1.29, 1.82) is 0 Å². The summed E-state index contributed by atoms with van der Waals surface area (Å²) in [6.07, 6.45) is 5.42. The van der Waals surface area contributed by atoms with Crippen molar-refractivity contribution in [2.75, 3.05) is 25.0 Å². The highest BCUT2D eigenvalue weighted by molar-refractivity contribution is 5.26. The fourth-order valence-electron chi connectivity index (χ4n) is 3.91. The smallest absolute Gasteiger partial charge is 0.223 e. The summed E-state index contributed by atoms with van der Waals surface area (Å²) >= 11 is 0. The number of furan rings is 1. The van der Waals surface area contributed by atoms with Crippen molar-refractivity contribution in [3.8, 4) is 0 Å². The lowest BCUT2D eigenvalue weighted by atomic mass is 9.88. The Morgan fingerprint density at radius 3 is 2.96 bits per heavy atom. The van der Waals surface area contributed by atoms with Crippen LogP contribution in [0.15, 0.2) is 28.9 Å². The standard InChI is InChI=1S/C18H23FN4O2/c1-13-3-4-16(25-13)10-23-6-2-5-18(12-23)7-15(11-24-18)22-17-20-8-14(19)9-21-17/h3-4,8-9,15H,2,5-7,10-12H2,1H3,(H,20,21,22). The second-order valence-corrected chi connectivity index (χ2v) is 7.09. The van der Waals surface area contributed by atoms with E-state index in [4.69, 9.17) is 9.15 Å².